The molecule has 5 heteroatoms. The maximum absolute atomic E-state index is 11.2. The van der Waals surface area contributed by atoms with Crippen molar-refractivity contribution in [2.75, 3.05) is 12.8 Å². The second-order valence-electron chi connectivity index (χ2n) is 2.98. The second-order valence-corrected chi connectivity index (χ2v) is 2.98. The molecule has 0 fully saturated rings. The van der Waals surface area contributed by atoms with Crippen LogP contribution < -0.4 is 5.73 Å². The first-order chi connectivity index (χ1) is 6.06. The standard InChI is InChI=1S/C8H13N3O2/c1-5(2)11-6(8(12)13-3)4-7(9)10-11/h4-5H,1-3H3,(H2,9,10). The Morgan fingerprint density at radius 3 is 2.77 bits per heavy atom. The Bertz CT molecular complexity index is 317. The summed E-state index contributed by atoms with van der Waals surface area (Å²) in [6, 6.07) is 1.60. The molecule has 1 heterocycles. The highest BCUT2D eigenvalue weighted by molar-refractivity contribution is 5.88. The minimum Gasteiger partial charge on any atom is -0.464 e. The van der Waals surface area contributed by atoms with Crippen LogP contribution in [0.2, 0.25) is 0 Å². The Hall–Kier alpha value is -1.52. The van der Waals surface area contributed by atoms with E-state index < -0.39 is 5.97 Å². The third kappa shape index (κ3) is 1.80. The Balaban J connectivity index is 3.11. The van der Waals surface area contributed by atoms with Crippen LogP contribution in [0.4, 0.5) is 5.82 Å². The first kappa shape index (κ1) is 9.57. The Morgan fingerprint density at radius 1 is 1.69 bits per heavy atom. The van der Waals surface area contributed by atoms with Gasteiger partial charge < -0.3 is 10.5 Å². The van der Waals surface area contributed by atoms with Gasteiger partial charge in [-0.3, -0.25) is 4.68 Å². The third-order valence-corrected chi connectivity index (χ3v) is 1.64. The van der Waals surface area contributed by atoms with Crippen LogP contribution >= 0.6 is 0 Å². The number of carbonyl (C=O) groups is 1. The van der Waals surface area contributed by atoms with Crippen LogP contribution in [-0.2, 0) is 4.74 Å². The molecule has 0 aliphatic heterocycles. The molecule has 0 saturated heterocycles. The minimum atomic E-state index is -0.419. The van der Waals surface area contributed by atoms with Gasteiger partial charge in [-0.25, -0.2) is 4.79 Å². The van der Waals surface area contributed by atoms with Crippen LogP contribution in [0.5, 0.6) is 0 Å². The number of nitrogen functional groups attached to an aromatic ring is 1. The van der Waals surface area contributed by atoms with Crippen LogP contribution in [0, 0.1) is 0 Å². The van der Waals surface area contributed by atoms with Gasteiger partial charge in [0.05, 0.1) is 7.11 Å². The lowest BCUT2D eigenvalue weighted by Crippen LogP contribution is -2.13. The van der Waals surface area contributed by atoms with Crippen molar-refractivity contribution in [1.29, 1.82) is 0 Å². The van der Waals surface area contributed by atoms with E-state index in [1.54, 1.807) is 4.68 Å². The monoisotopic (exact) mass is 183 g/mol. The Labute approximate surface area is 76.5 Å². The fourth-order valence-electron chi connectivity index (χ4n) is 1.06. The topological polar surface area (TPSA) is 70.1 Å². The van der Waals surface area contributed by atoms with E-state index in [2.05, 4.69) is 9.84 Å². The normalized spacial score (nSPS) is 10.5. The summed E-state index contributed by atoms with van der Waals surface area (Å²) in [6.45, 7) is 3.83. The zero-order valence-electron chi connectivity index (χ0n) is 7.94. The lowest BCUT2D eigenvalue weighted by atomic mass is 10.3. The van der Waals surface area contributed by atoms with Crippen molar-refractivity contribution in [2.24, 2.45) is 0 Å². The highest BCUT2D eigenvalue weighted by atomic mass is 16.5. The molecule has 1 rings (SSSR count). The lowest BCUT2D eigenvalue weighted by molar-refractivity contribution is 0.0584. The number of methoxy groups -OCH3 is 1. The minimum absolute atomic E-state index is 0.0893. The molecule has 0 saturated carbocycles. The zero-order valence-corrected chi connectivity index (χ0v) is 7.94. The summed E-state index contributed by atoms with van der Waals surface area (Å²) < 4.78 is 6.13. The average Bonchev–Trinajstić information content (AvgIpc) is 2.46. The number of carbonyl (C=O) groups excluding carboxylic acids is 1. The number of ether oxygens (including phenoxy) is 1. The number of aromatic nitrogens is 2. The molecule has 0 unspecified atom stereocenters. The molecule has 0 aromatic carbocycles. The van der Waals surface area contributed by atoms with Crippen LogP contribution in [0.1, 0.15) is 30.4 Å². The zero-order chi connectivity index (χ0) is 10.0. The van der Waals surface area contributed by atoms with Gasteiger partial charge >= 0.3 is 5.97 Å². The summed E-state index contributed by atoms with van der Waals surface area (Å²) in [6.07, 6.45) is 0. The smallest absolute Gasteiger partial charge is 0.356 e. The van der Waals surface area contributed by atoms with Gasteiger partial charge in [-0.1, -0.05) is 0 Å². The highest BCUT2D eigenvalue weighted by Crippen LogP contribution is 2.13. The van der Waals surface area contributed by atoms with Gasteiger partial charge in [0.15, 0.2) is 0 Å². The van der Waals surface area contributed by atoms with E-state index >= 15 is 0 Å². The SMILES string of the molecule is COC(=O)c1cc(N)nn1C(C)C. The summed E-state index contributed by atoms with van der Waals surface area (Å²) >= 11 is 0. The number of esters is 1. The fraction of sp³-hybridized carbons (Fsp3) is 0.500. The number of anilines is 1. The molecule has 1 aromatic rings. The maximum atomic E-state index is 11.2. The van der Waals surface area contributed by atoms with Gasteiger partial charge in [0.1, 0.15) is 11.5 Å². The molecule has 0 aliphatic rings. The molecule has 5 nitrogen and oxygen atoms in total. The summed E-state index contributed by atoms with van der Waals surface area (Å²) in [5.74, 6) is -0.0907. The van der Waals surface area contributed by atoms with Gasteiger partial charge in [0.2, 0.25) is 0 Å². The molecule has 0 aliphatic carbocycles. The van der Waals surface area contributed by atoms with Crippen molar-refractivity contribution in [2.45, 2.75) is 19.9 Å². The quantitative estimate of drug-likeness (QED) is 0.689. The number of nitrogens with zero attached hydrogens (tertiary/aromatic N) is 2. The van der Waals surface area contributed by atoms with Crippen molar-refractivity contribution < 1.29 is 9.53 Å². The lowest BCUT2D eigenvalue weighted by Gasteiger charge is -2.08. The van der Waals surface area contributed by atoms with Crippen molar-refractivity contribution in [3.05, 3.63) is 11.8 Å². The Morgan fingerprint density at radius 2 is 2.31 bits per heavy atom. The van der Waals surface area contributed by atoms with E-state index in [9.17, 15) is 4.79 Å². The molecule has 1 aromatic heterocycles. The third-order valence-electron chi connectivity index (χ3n) is 1.64. The van der Waals surface area contributed by atoms with Gasteiger partial charge in [-0.2, -0.15) is 5.10 Å². The first-order valence-corrected chi connectivity index (χ1v) is 3.99. The van der Waals surface area contributed by atoms with E-state index in [4.69, 9.17) is 5.73 Å². The highest BCUT2D eigenvalue weighted by Gasteiger charge is 2.16. The fourth-order valence-corrected chi connectivity index (χ4v) is 1.06. The van der Waals surface area contributed by atoms with E-state index in [1.165, 1.54) is 13.2 Å². The van der Waals surface area contributed by atoms with Crippen LogP contribution in [0.3, 0.4) is 0 Å². The number of hydrogen-bond donors (Lipinski definition) is 1. The predicted octanol–water partition coefficient (Wildman–Crippen LogP) is 0.833. The Kier molecular flexibility index (Phi) is 2.55. The number of hydrogen-bond acceptors (Lipinski definition) is 4. The van der Waals surface area contributed by atoms with E-state index in [1.807, 2.05) is 13.8 Å². The first-order valence-electron chi connectivity index (χ1n) is 3.99. The summed E-state index contributed by atoms with van der Waals surface area (Å²) in [5, 5.41) is 3.97. The van der Waals surface area contributed by atoms with Crippen LogP contribution in [-0.4, -0.2) is 22.9 Å². The molecular weight excluding hydrogens is 170 g/mol. The predicted molar refractivity (Wildman–Crippen MR) is 48.4 cm³/mol. The molecular formula is C8H13N3O2. The van der Waals surface area contributed by atoms with Gasteiger partial charge in [-0.15, -0.1) is 0 Å². The maximum Gasteiger partial charge on any atom is 0.356 e. The molecule has 0 atom stereocenters. The molecule has 0 radical (unpaired) electrons. The number of rotatable bonds is 2. The van der Waals surface area contributed by atoms with Gasteiger partial charge in [-0.05, 0) is 13.8 Å². The molecule has 72 valence electrons. The van der Waals surface area contributed by atoms with E-state index in [0.29, 0.717) is 11.5 Å². The second kappa shape index (κ2) is 3.47. The summed E-state index contributed by atoms with van der Waals surface area (Å²) in [7, 11) is 1.33. The van der Waals surface area contributed by atoms with Gasteiger partial charge in [0.25, 0.3) is 0 Å². The molecule has 0 bridgehead atoms. The van der Waals surface area contributed by atoms with Gasteiger partial charge in [0, 0.05) is 12.1 Å². The van der Waals surface area contributed by atoms with E-state index in [0.717, 1.165) is 0 Å². The summed E-state index contributed by atoms with van der Waals surface area (Å²) in [5.41, 5.74) is 5.85. The molecule has 0 amide bonds. The van der Waals surface area contributed by atoms with Crippen LogP contribution in [0.25, 0.3) is 0 Å². The molecule has 0 spiro atoms. The van der Waals surface area contributed by atoms with Crippen molar-refractivity contribution in [3.63, 3.8) is 0 Å². The molecule has 2 N–H and O–H groups in total. The van der Waals surface area contributed by atoms with Crippen LogP contribution in [0.15, 0.2) is 6.07 Å². The van der Waals surface area contributed by atoms with Crippen molar-refractivity contribution in [3.8, 4) is 0 Å². The van der Waals surface area contributed by atoms with Crippen molar-refractivity contribution >= 4 is 11.8 Å². The molecule has 13 heavy (non-hydrogen) atoms. The number of nitrogens with two attached hydrogens (primary N) is 1. The summed E-state index contributed by atoms with van der Waals surface area (Å²) in [4.78, 5) is 11.2. The largest absolute Gasteiger partial charge is 0.464 e. The van der Waals surface area contributed by atoms with Crippen molar-refractivity contribution in [1.82, 2.24) is 9.78 Å². The average molecular weight is 183 g/mol. The van der Waals surface area contributed by atoms with E-state index in [-0.39, 0.29) is 6.04 Å².